The van der Waals surface area contributed by atoms with Gasteiger partial charge in [-0.1, -0.05) is 12.8 Å². The molecule has 0 N–H and O–H groups in total. The number of hydrogen-bond donors (Lipinski definition) is 0. The van der Waals surface area contributed by atoms with E-state index in [1.165, 1.54) is 19.3 Å². The molecule has 2 bridgehead atoms. The van der Waals surface area contributed by atoms with Crippen LogP contribution in [0.5, 0.6) is 5.88 Å². The first-order valence-corrected chi connectivity index (χ1v) is 6.97. The molecule has 18 heavy (non-hydrogen) atoms. The molecule has 0 saturated heterocycles. The predicted octanol–water partition coefficient (Wildman–Crippen LogP) is 4.07. The minimum Gasteiger partial charge on any atom is -0.474 e. The fraction of sp³-hybridized carbons (Fsp3) is 0.667. The molecule has 1 aromatic heterocycles. The first-order valence-electron chi connectivity index (χ1n) is 6.97. The first-order chi connectivity index (χ1) is 8.70. The zero-order chi connectivity index (χ0) is 12.5. The van der Waals surface area contributed by atoms with Crippen LogP contribution in [0.4, 0.5) is 4.39 Å². The molecule has 0 radical (unpaired) electrons. The van der Waals surface area contributed by atoms with Crippen LogP contribution in [0.15, 0.2) is 18.3 Å². The number of aromatic nitrogens is 1. The van der Waals surface area contributed by atoms with E-state index in [0.29, 0.717) is 11.4 Å². The Hall–Kier alpha value is -1.12. The Kier molecular flexibility index (Phi) is 3.23. The molecule has 2 fully saturated rings. The van der Waals surface area contributed by atoms with Crippen molar-refractivity contribution in [2.75, 3.05) is 0 Å². The van der Waals surface area contributed by atoms with Crippen molar-refractivity contribution in [1.82, 2.24) is 4.98 Å². The topological polar surface area (TPSA) is 22.1 Å². The molecule has 4 atom stereocenters. The van der Waals surface area contributed by atoms with Gasteiger partial charge in [0.25, 0.3) is 0 Å². The van der Waals surface area contributed by atoms with Gasteiger partial charge in [-0.2, -0.15) is 0 Å². The lowest BCUT2D eigenvalue weighted by Gasteiger charge is -2.27. The fourth-order valence-electron chi connectivity index (χ4n) is 3.45. The largest absolute Gasteiger partial charge is 0.474 e. The Morgan fingerprint density at radius 1 is 1.28 bits per heavy atom. The second-order valence-electron chi connectivity index (χ2n) is 5.80. The second-order valence-corrected chi connectivity index (χ2v) is 5.80. The van der Waals surface area contributed by atoms with Gasteiger partial charge in [-0.15, -0.1) is 0 Å². The fourth-order valence-corrected chi connectivity index (χ4v) is 3.45. The molecule has 2 nitrogen and oxygen atoms in total. The molecule has 0 spiro atoms. The monoisotopic (exact) mass is 249 g/mol. The van der Waals surface area contributed by atoms with Crippen molar-refractivity contribution in [2.45, 2.75) is 51.3 Å². The van der Waals surface area contributed by atoms with Gasteiger partial charge in [-0.3, -0.25) is 0 Å². The van der Waals surface area contributed by atoms with Crippen LogP contribution in [0.3, 0.4) is 0 Å². The van der Waals surface area contributed by atoms with Crippen molar-refractivity contribution >= 4 is 0 Å². The first kappa shape index (κ1) is 11.9. The second kappa shape index (κ2) is 4.87. The molecule has 2 saturated carbocycles. The van der Waals surface area contributed by atoms with Crippen molar-refractivity contribution in [3.8, 4) is 5.88 Å². The van der Waals surface area contributed by atoms with E-state index in [-0.39, 0.29) is 6.10 Å². The standard InChI is InChI=1S/C15H20FNO/c1-10(16)13-4-5-17-15(9-13)18-14-7-11-2-3-12(6-11)8-14/h4-5,9-12,14H,2-3,6-8H2,1H3/t10?,11-,12+,14?. The summed E-state index contributed by atoms with van der Waals surface area (Å²) in [5, 5.41) is 0. The molecule has 0 aliphatic heterocycles. The van der Waals surface area contributed by atoms with Crippen LogP contribution in [0.1, 0.15) is 50.8 Å². The number of ether oxygens (including phenoxy) is 1. The third-order valence-electron chi connectivity index (χ3n) is 4.35. The van der Waals surface area contributed by atoms with Crippen LogP contribution < -0.4 is 4.74 Å². The van der Waals surface area contributed by atoms with Crippen LogP contribution in [0.2, 0.25) is 0 Å². The molecule has 2 unspecified atom stereocenters. The Morgan fingerprint density at radius 2 is 2.00 bits per heavy atom. The highest BCUT2D eigenvalue weighted by Gasteiger charge is 2.35. The van der Waals surface area contributed by atoms with Crippen LogP contribution in [-0.4, -0.2) is 11.1 Å². The summed E-state index contributed by atoms with van der Waals surface area (Å²) >= 11 is 0. The summed E-state index contributed by atoms with van der Waals surface area (Å²) in [6.07, 6.45) is 7.36. The van der Waals surface area contributed by atoms with Gasteiger partial charge in [0.15, 0.2) is 0 Å². The summed E-state index contributed by atoms with van der Waals surface area (Å²) in [7, 11) is 0. The summed E-state index contributed by atoms with van der Waals surface area (Å²) in [5.74, 6) is 2.28. The summed E-state index contributed by atoms with van der Waals surface area (Å²) in [5.41, 5.74) is 0.652. The molecule has 1 aromatic rings. The lowest BCUT2D eigenvalue weighted by molar-refractivity contribution is 0.113. The Bertz CT molecular complexity index is 409. The summed E-state index contributed by atoms with van der Waals surface area (Å²) < 4.78 is 19.2. The third kappa shape index (κ3) is 2.50. The molecule has 0 amide bonds. The van der Waals surface area contributed by atoms with Gasteiger partial charge >= 0.3 is 0 Å². The zero-order valence-corrected chi connectivity index (χ0v) is 10.8. The van der Waals surface area contributed by atoms with E-state index >= 15 is 0 Å². The lowest BCUT2D eigenvalue weighted by atomic mass is 9.87. The maximum absolute atomic E-state index is 13.2. The summed E-state index contributed by atoms with van der Waals surface area (Å²) in [6.45, 7) is 1.54. The Morgan fingerprint density at radius 3 is 2.67 bits per heavy atom. The van der Waals surface area contributed by atoms with Gasteiger partial charge in [0.1, 0.15) is 12.3 Å². The minimum atomic E-state index is -0.960. The van der Waals surface area contributed by atoms with Gasteiger partial charge in [0.2, 0.25) is 5.88 Å². The van der Waals surface area contributed by atoms with Gasteiger partial charge in [0.05, 0.1) is 0 Å². The summed E-state index contributed by atoms with van der Waals surface area (Å²) in [6, 6.07) is 3.45. The van der Waals surface area contributed by atoms with Gasteiger partial charge in [-0.25, -0.2) is 9.37 Å². The van der Waals surface area contributed by atoms with Gasteiger partial charge < -0.3 is 4.74 Å². The molecular formula is C15H20FNO. The number of rotatable bonds is 3. The van der Waals surface area contributed by atoms with Gasteiger partial charge in [-0.05, 0) is 49.7 Å². The number of fused-ring (bicyclic) bond motifs is 2. The number of nitrogens with zero attached hydrogens (tertiary/aromatic N) is 1. The van der Waals surface area contributed by atoms with E-state index in [0.717, 1.165) is 24.7 Å². The van der Waals surface area contributed by atoms with Crippen molar-refractivity contribution in [2.24, 2.45) is 11.8 Å². The van der Waals surface area contributed by atoms with Crippen molar-refractivity contribution in [3.05, 3.63) is 23.9 Å². The van der Waals surface area contributed by atoms with Crippen molar-refractivity contribution in [1.29, 1.82) is 0 Å². The number of halogens is 1. The molecule has 2 aliphatic carbocycles. The number of alkyl halides is 1. The highest BCUT2D eigenvalue weighted by molar-refractivity contribution is 5.22. The molecule has 0 aromatic carbocycles. The number of hydrogen-bond acceptors (Lipinski definition) is 2. The van der Waals surface area contributed by atoms with E-state index in [4.69, 9.17) is 4.74 Å². The molecule has 3 rings (SSSR count). The normalized spacial score (nSPS) is 32.2. The average Bonchev–Trinajstić information content (AvgIpc) is 2.69. The smallest absolute Gasteiger partial charge is 0.213 e. The predicted molar refractivity (Wildman–Crippen MR) is 68.2 cm³/mol. The van der Waals surface area contributed by atoms with E-state index < -0.39 is 6.17 Å². The molecule has 98 valence electrons. The molecular weight excluding hydrogens is 229 g/mol. The maximum Gasteiger partial charge on any atom is 0.213 e. The highest BCUT2D eigenvalue weighted by atomic mass is 19.1. The number of pyridine rings is 1. The zero-order valence-electron chi connectivity index (χ0n) is 10.8. The highest BCUT2D eigenvalue weighted by Crippen LogP contribution is 2.43. The van der Waals surface area contributed by atoms with Crippen LogP contribution in [0.25, 0.3) is 0 Å². The van der Waals surface area contributed by atoms with Crippen molar-refractivity contribution < 1.29 is 9.13 Å². The van der Waals surface area contributed by atoms with E-state index in [1.807, 2.05) is 0 Å². The van der Waals surface area contributed by atoms with Crippen molar-refractivity contribution in [3.63, 3.8) is 0 Å². The van der Waals surface area contributed by atoms with E-state index in [2.05, 4.69) is 4.98 Å². The van der Waals surface area contributed by atoms with E-state index in [9.17, 15) is 4.39 Å². The quantitative estimate of drug-likeness (QED) is 0.805. The van der Waals surface area contributed by atoms with E-state index in [1.54, 1.807) is 25.3 Å². The third-order valence-corrected chi connectivity index (χ3v) is 4.35. The van der Waals surface area contributed by atoms with Crippen LogP contribution in [-0.2, 0) is 0 Å². The Labute approximate surface area is 108 Å². The molecule has 2 aliphatic rings. The van der Waals surface area contributed by atoms with Crippen LogP contribution >= 0.6 is 0 Å². The van der Waals surface area contributed by atoms with Gasteiger partial charge in [0, 0.05) is 12.3 Å². The lowest BCUT2D eigenvalue weighted by Crippen LogP contribution is -2.26. The summed E-state index contributed by atoms with van der Waals surface area (Å²) in [4.78, 5) is 4.20. The average molecular weight is 249 g/mol. The molecule has 3 heteroatoms. The SMILES string of the molecule is CC(F)c1ccnc(OC2C[C@H]3CC[C@@H](C2)C3)c1. The Balaban J connectivity index is 1.67. The molecule has 1 heterocycles. The van der Waals surface area contributed by atoms with Crippen LogP contribution in [0, 0.1) is 11.8 Å². The maximum atomic E-state index is 13.2. The minimum absolute atomic E-state index is 0.286.